The summed E-state index contributed by atoms with van der Waals surface area (Å²) in [6, 6.07) is 0.786. The van der Waals surface area contributed by atoms with E-state index in [0.29, 0.717) is 10.8 Å². The first-order valence-electron chi connectivity index (χ1n) is 9.72. The second-order valence-corrected chi connectivity index (χ2v) is 9.37. The fraction of sp³-hybridized carbons (Fsp3) is 1.00. The topological polar surface area (TPSA) is 12.0 Å². The molecule has 4 fully saturated rings. The van der Waals surface area contributed by atoms with Crippen molar-refractivity contribution in [3.63, 3.8) is 0 Å². The summed E-state index contributed by atoms with van der Waals surface area (Å²) in [7, 11) is 0. The predicted molar refractivity (Wildman–Crippen MR) is 91.4 cm³/mol. The molecule has 4 unspecified atom stereocenters. The SMILES string of the molecule is CCCC(C)CC(NCC)C12CC3CC(CC(C)(C3)C1)C2. The van der Waals surface area contributed by atoms with Crippen LogP contribution in [0.4, 0.5) is 0 Å². The average Bonchev–Trinajstić information content (AvgIpc) is 2.35. The maximum atomic E-state index is 3.95. The van der Waals surface area contributed by atoms with Crippen LogP contribution in [0.1, 0.15) is 85.5 Å². The molecule has 0 aliphatic heterocycles. The molecule has 0 aromatic carbocycles. The predicted octanol–water partition coefficient (Wildman–Crippen LogP) is 5.40. The third-order valence-corrected chi connectivity index (χ3v) is 7.01. The maximum absolute atomic E-state index is 3.95. The molecule has 4 aliphatic carbocycles. The van der Waals surface area contributed by atoms with Crippen molar-refractivity contribution < 1.29 is 0 Å². The zero-order chi connectivity index (χ0) is 15.1. The standard InChI is InChI=1S/C20H37N/c1-5-7-15(3)8-18(21-6-2)20-12-16-9-17(13-20)11-19(4,10-16)14-20/h15-18,21H,5-14H2,1-4H3. The van der Waals surface area contributed by atoms with Gasteiger partial charge in [0.05, 0.1) is 0 Å². The van der Waals surface area contributed by atoms with Gasteiger partial charge < -0.3 is 5.32 Å². The third kappa shape index (κ3) is 3.05. The van der Waals surface area contributed by atoms with Gasteiger partial charge in [-0.25, -0.2) is 0 Å². The smallest absolute Gasteiger partial charge is 0.0126 e. The van der Waals surface area contributed by atoms with Gasteiger partial charge in [-0.05, 0) is 80.1 Å². The van der Waals surface area contributed by atoms with Crippen molar-refractivity contribution in [2.24, 2.45) is 28.6 Å². The van der Waals surface area contributed by atoms with Gasteiger partial charge in [0, 0.05) is 6.04 Å². The van der Waals surface area contributed by atoms with Crippen LogP contribution in [0.15, 0.2) is 0 Å². The molecular formula is C20H37N. The summed E-state index contributed by atoms with van der Waals surface area (Å²) in [6.07, 6.45) is 13.4. The highest BCUT2D eigenvalue weighted by molar-refractivity contribution is 5.10. The summed E-state index contributed by atoms with van der Waals surface area (Å²) in [6.45, 7) is 10.9. The van der Waals surface area contributed by atoms with Gasteiger partial charge in [0.25, 0.3) is 0 Å². The second kappa shape index (κ2) is 5.87. The van der Waals surface area contributed by atoms with Crippen molar-refractivity contribution in [2.45, 2.75) is 91.5 Å². The van der Waals surface area contributed by atoms with Crippen molar-refractivity contribution in [1.82, 2.24) is 5.32 Å². The molecule has 0 aromatic rings. The van der Waals surface area contributed by atoms with E-state index in [4.69, 9.17) is 0 Å². The lowest BCUT2D eigenvalue weighted by molar-refractivity contribution is -0.120. The highest BCUT2D eigenvalue weighted by atomic mass is 14.9. The second-order valence-electron chi connectivity index (χ2n) is 9.37. The molecular weight excluding hydrogens is 254 g/mol. The Balaban J connectivity index is 1.78. The molecule has 0 spiro atoms. The number of hydrogen-bond donors (Lipinski definition) is 1. The molecule has 0 aromatic heterocycles. The van der Waals surface area contributed by atoms with E-state index >= 15 is 0 Å². The van der Waals surface area contributed by atoms with Crippen LogP contribution in [0.25, 0.3) is 0 Å². The average molecular weight is 292 g/mol. The van der Waals surface area contributed by atoms with Gasteiger partial charge in [0.2, 0.25) is 0 Å². The van der Waals surface area contributed by atoms with E-state index < -0.39 is 0 Å². The number of nitrogens with one attached hydrogen (secondary N) is 1. The van der Waals surface area contributed by atoms with Crippen LogP contribution in [0, 0.1) is 28.6 Å². The van der Waals surface area contributed by atoms with E-state index in [1.165, 1.54) is 51.4 Å². The van der Waals surface area contributed by atoms with Crippen LogP contribution in [-0.2, 0) is 0 Å². The summed E-state index contributed by atoms with van der Waals surface area (Å²) in [5, 5.41) is 3.95. The number of rotatable bonds is 7. The van der Waals surface area contributed by atoms with E-state index in [-0.39, 0.29) is 0 Å². The lowest BCUT2D eigenvalue weighted by Gasteiger charge is -2.64. The highest BCUT2D eigenvalue weighted by Crippen LogP contribution is 2.66. The lowest BCUT2D eigenvalue weighted by atomic mass is 9.43. The Hall–Kier alpha value is -0.0400. The summed E-state index contributed by atoms with van der Waals surface area (Å²) in [5.74, 6) is 3.00. The zero-order valence-corrected chi connectivity index (χ0v) is 14.9. The minimum Gasteiger partial charge on any atom is -0.314 e. The van der Waals surface area contributed by atoms with Crippen LogP contribution in [0.5, 0.6) is 0 Å². The maximum Gasteiger partial charge on any atom is 0.0126 e. The van der Waals surface area contributed by atoms with Gasteiger partial charge in [-0.3, -0.25) is 0 Å². The Morgan fingerprint density at radius 3 is 2.29 bits per heavy atom. The fourth-order valence-electron chi connectivity index (χ4n) is 7.02. The molecule has 1 heteroatoms. The van der Waals surface area contributed by atoms with Gasteiger partial charge >= 0.3 is 0 Å². The van der Waals surface area contributed by atoms with Gasteiger partial charge in [0.1, 0.15) is 0 Å². The minimum atomic E-state index is 0.650. The van der Waals surface area contributed by atoms with Crippen LogP contribution in [0.2, 0.25) is 0 Å². The molecule has 21 heavy (non-hydrogen) atoms. The Bertz CT molecular complexity index is 347. The molecule has 4 bridgehead atoms. The van der Waals surface area contributed by atoms with Crippen molar-refractivity contribution in [3.8, 4) is 0 Å². The summed E-state index contributed by atoms with van der Waals surface area (Å²) >= 11 is 0. The molecule has 1 N–H and O–H groups in total. The quantitative estimate of drug-likeness (QED) is 0.662. The van der Waals surface area contributed by atoms with Crippen LogP contribution in [0.3, 0.4) is 0 Å². The summed E-state index contributed by atoms with van der Waals surface area (Å²) < 4.78 is 0. The molecule has 4 atom stereocenters. The first-order chi connectivity index (χ1) is 9.98. The third-order valence-electron chi connectivity index (χ3n) is 7.01. The van der Waals surface area contributed by atoms with E-state index in [9.17, 15) is 0 Å². The van der Waals surface area contributed by atoms with E-state index in [1.807, 2.05) is 0 Å². The zero-order valence-electron chi connectivity index (χ0n) is 14.9. The molecule has 0 heterocycles. The Labute approximate surface area is 132 Å². The summed E-state index contributed by atoms with van der Waals surface area (Å²) in [5.41, 5.74) is 1.34. The minimum absolute atomic E-state index is 0.650. The number of hydrogen-bond acceptors (Lipinski definition) is 1. The largest absolute Gasteiger partial charge is 0.314 e. The first kappa shape index (κ1) is 15.8. The first-order valence-corrected chi connectivity index (χ1v) is 9.72. The van der Waals surface area contributed by atoms with Crippen LogP contribution >= 0.6 is 0 Å². The van der Waals surface area contributed by atoms with E-state index in [0.717, 1.165) is 30.3 Å². The van der Waals surface area contributed by atoms with Gasteiger partial charge in [-0.15, -0.1) is 0 Å². The van der Waals surface area contributed by atoms with Crippen molar-refractivity contribution >= 4 is 0 Å². The monoisotopic (exact) mass is 291 g/mol. The Morgan fingerprint density at radius 1 is 1.10 bits per heavy atom. The molecule has 122 valence electrons. The fourth-order valence-corrected chi connectivity index (χ4v) is 7.02. The molecule has 0 radical (unpaired) electrons. The molecule has 4 aliphatic rings. The molecule has 0 amide bonds. The Morgan fingerprint density at radius 2 is 1.76 bits per heavy atom. The normalized spacial score (nSPS) is 44.0. The van der Waals surface area contributed by atoms with E-state index in [2.05, 4.69) is 33.0 Å². The lowest BCUT2D eigenvalue weighted by Crippen LogP contribution is -2.59. The molecule has 4 rings (SSSR count). The Kier molecular flexibility index (Phi) is 4.43. The van der Waals surface area contributed by atoms with Crippen LogP contribution < -0.4 is 5.32 Å². The van der Waals surface area contributed by atoms with E-state index in [1.54, 1.807) is 6.42 Å². The molecule has 0 saturated heterocycles. The van der Waals surface area contributed by atoms with Gasteiger partial charge in [-0.2, -0.15) is 0 Å². The van der Waals surface area contributed by atoms with Crippen molar-refractivity contribution in [3.05, 3.63) is 0 Å². The van der Waals surface area contributed by atoms with Gasteiger partial charge in [-0.1, -0.05) is 40.5 Å². The van der Waals surface area contributed by atoms with Crippen LogP contribution in [-0.4, -0.2) is 12.6 Å². The highest BCUT2D eigenvalue weighted by Gasteiger charge is 2.58. The summed E-state index contributed by atoms with van der Waals surface area (Å²) in [4.78, 5) is 0. The molecule has 1 nitrogen and oxygen atoms in total. The van der Waals surface area contributed by atoms with Gasteiger partial charge in [0.15, 0.2) is 0 Å². The van der Waals surface area contributed by atoms with Crippen molar-refractivity contribution in [2.75, 3.05) is 6.54 Å². The van der Waals surface area contributed by atoms with Crippen molar-refractivity contribution in [1.29, 1.82) is 0 Å². The molecule has 4 saturated carbocycles.